The highest BCUT2D eigenvalue weighted by molar-refractivity contribution is 5.34. The van der Waals surface area contributed by atoms with Gasteiger partial charge in [0.2, 0.25) is 11.9 Å². The number of nitrogen functional groups attached to an aromatic ring is 1. The highest BCUT2D eigenvalue weighted by atomic mass is 16.5. The lowest BCUT2D eigenvalue weighted by atomic mass is 10.0. The summed E-state index contributed by atoms with van der Waals surface area (Å²) in [4.78, 5) is 3.90. The predicted molar refractivity (Wildman–Crippen MR) is 49.7 cm³/mol. The minimum absolute atomic E-state index is 0.0125. The lowest BCUT2D eigenvalue weighted by molar-refractivity contribution is 0.152. The lowest BCUT2D eigenvalue weighted by Crippen LogP contribution is -2.43. The van der Waals surface area contributed by atoms with Crippen LogP contribution >= 0.6 is 0 Å². The quantitative estimate of drug-likeness (QED) is 0.494. The molecule has 0 amide bonds. The van der Waals surface area contributed by atoms with E-state index in [0.29, 0.717) is 19.2 Å². The topological polar surface area (TPSA) is 109 Å². The van der Waals surface area contributed by atoms with E-state index < -0.39 is 5.54 Å². The normalized spacial score (nSPS) is 26.6. The Bertz CT molecular complexity index is 307. The number of aliphatic hydroxyl groups is 1. The molecule has 1 atom stereocenters. The third kappa shape index (κ3) is 1.64. The van der Waals surface area contributed by atoms with Gasteiger partial charge < -0.3 is 20.9 Å². The van der Waals surface area contributed by atoms with Crippen LogP contribution < -0.4 is 11.1 Å². The van der Waals surface area contributed by atoms with Crippen molar-refractivity contribution >= 4 is 11.9 Å². The average Bonchev–Trinajstić information content (AvgIpc) is 2.77. The Morgan fingerprint density at radius 1 is 1.71 bits per heavy atom. The zero-order valence-corrected chi connectivity index (χ0v) is 7.66. The maximum Gasteiger partial charge on any atom is 0.244 e. The first-order valence-electron chi connectivity index (χ1n) is 4.39. The highest BCUT2D eigenvalue weighted by Crippen LogP contribution is 2.22. The molecule has 1 aromatic rings. The van der Waals surface area contributed by atoms with E-state index in [0.717, 1.165) is 6.42 Å². The van der Waals surface area contributed by atoms with Crippen LogP contribution in [-0.2, 0) is 4.74 Å². The molecular formula is C7H13N5O2. The molecule has 0 saturated carbocycles. The Hall–Kier alpha value is -1.34. The van der Waals surface area contributed by atoms with Gasteiger partial charge in [-0.1, -0.05) is 0 Å². The Kier molecular flexibility index (Phi) is 2.26. The van der Waals surface area contributed by atoms with E-state index in [2.05, 4.69) is 20.5 Å². The fourth-order valence-corrected chi connectivity index (χ4v) is 1.44. The summed E-state index contributed by atoms with van der Waals surface area (Å²) in [5, 5.41) is 18.6. The third-order valence-electron chi connectivity index (χ3n) is 2.29. The molecule has 1 fully saturated rings. The van der Waals surface area contributed by atoms with Gasteiger partial charge >= 0.3 is 0 Å². The SMILES string of the molecule is Nc1nc(NC2(CO)CCOC2)n[nH]1. The standard InChI is InChI=1S/C7H13N5O2/c8-5-9-6(12-11-5)10-7(3-13)1-2-14-4-7/h13H,1-4H2,(H4,8,9,10,11,12). The minimum Gasteiger partial charge on any atom is -0.394 e. The minimum atomic E-state index is -0.464. The largest absolute Gasteiger partial charge is 0.394 e. The van der Waals surface area contributed by atoms with Crippen LogP contribution in [0.15, 0.2) is 0 Å². The molecule has 1 saturated heterocycles. The van der Waals surface area contributed by atoms with E-state index in [1.807, 2.05) is 0 Å². The van der Waals surface area contributed by atoms with Crippen molar-refractivity contribution < 1.29 is 9.84 Å². The van der Waals surface area contributed by atoms with Gasteiger partial charge in [-0.05, 0) is 6.42 Å². The molecule has 78 valence electrons. The Morgan fingerprint density at radius 2 is 2.57 bits per heavy atom. The van der Waals surface area contributed by atoms with Gasteiger partial charge in [0.05, 0.1) is 18.8 Å². The van der Waals surface area contributed by atoms with Crippen LogP contribution in [0.2, 0.25) is 0 Å². The van der Waals surface area contributed by atoms with Gasteiger partial charge in [-0.3, -0.25) is 0 Å². The van der Waals surface area contributed by atoms with Gasteiger partial charge in [-0.2, -0.15) is 4.98 Å². The van der Waals surface area contributed by atoms with Crippen molar-refractivity contribution in [2.24, 2.45) is 0 Å². The van der Waals surface area contributed by atoms with Crippen molar-refractivity contribution in [2.75, 3.05) is 30.9 Å². The van der Waals surface area contributed by atoms with E-state index >= 15 is 0 Å². The predicted octanol–water partition coefficient (Wildman–Crippen LogP) is -1.05. The number of rotatable bonds is 3. The molecule has 1 aliphatic rings. The van der Waals surface area contributed by atoms with Crippen molar-refractivity contribution in [1.29, 1.82) is 0 Å². The van der Waals surface area contributed by atoms with Gasteiger partial charge in [0, 0.05) is 6.61 Å². The van der Waals surface area contributed by atoms with E-state index in [4.69, 9.17) is 10.5 Å². The fourth-order valence-electron chi connectivity index (χ4n) is 1.44. The second kappa shape index (κ2) is 3.43. The fraction of sp³-hybridized carbons (Fsp3) is 0.714. The van der Waals surface area contributed by atoms with Crippen molar-refractivity contribution in [2.45, 2.75) is 12.0 Å². The molecular weight excluding hydrogens is 186 g/mol. The molecule has 5 N–H and O–H groups in total. The van der Waals surface area contributed by atoms with Crippen LogP contribution in [0.25, 0.3) is 0 Å². The second-order valence-corrected chi connectivity index (χ2v) is 3.41. The van der Waals surface area contributed by atoms with Crippen LogP contribution in [0.4, 0.5) is 11.9 Å². The summed E-state index contributed by atoms with van der Waals surface area (Å²) < 4.78 is 5.21. The summed E-state index contributed by atoms with van der Waals surface area (Å²) in [6, 6.07) is 0. The molecule has 0 spiro atoms. The number of nitrogens with two attached hydrogens (primary N) is 1. The molecule has 1 aliphatic heterocycles. The van der Waals surface area contributed by atoms with Gasteiger partial charge in [0.25, 0.3) is 0 Å². The number of anilines is 2. The zero-order chi connectivity index (χ0) is 10.0. The monoisotopic (exact) mass is 199 g/mol. The molecule has 2 heterocycles. The van der Waals surface area contributed by atoms with Gasteiger partial charge in [-0.25, -0.2) is 5.10 Å². The lowest BCUT2D eigenvalue weighted by Gasteiger charge is -2.24. The smallest absolute Gasteiger partial charge is 0.244 e. The van der Waals surface area contributed by atoms with Gasteiger partial charge in [-0.15, -0.1) is 5.10 Å². The summed E-state index contributed by atoms with van der Waals surface area (Å²) in [7, 11) is 0. The molecule has 0 aromatic carbocycles. The van der Waals surface area contributed by atoms with Crippen LogP contribution in [0.5, 0.6) is 0 Å². The summed E-state index contributed by atoms with van der Waals surface area (Å²) in [6.45, 7) is 1.08. The van der Waals surface area contributed by atoms with Crippen LogP contribution in [0.3, 0.4) is 0 Å². The molecule has 0 aliphatic carbocycles. The maximum absolute atomic E-state index is 9.25. The van der Waals surface area contributed by atoms with Crippen molar-refractivity contribution in [3.63, 3.8) is 0 Å². The summed E-state index contributed by atoms with van der Waals surface area (Å²) in [6.07, 6.45) is 0.734. The molecule has 14 heavy (non-hydrogen) atoms. The Labute approximate surface area is 80.7 Å². The van der Waals surface area contributed by atoms with Crippen molar-refractivity contribution in [3.8, 4) is 0 Å². The number of nitrogens with one attached hydrogen (secondary N) is 2. The molecule has 2 rings (SSSR count). The number of aromatic nitrogens is 3. The first-order valence-corrected chi connectivity index (χ1v) is 4.39. The molecule has 1 aromatic heterocycles. The Balaban J connectivity index is 2.08. The number of nitrogens with zero attached hydrogens (tertiary/aromatic N) is 2. The van der Waals surface area contributed by atoms with Crippen LogP contribution in [-0.4, -0.2) is 45.6 Å². The molecule has 1 unspecified atom stereocenters. The van der Waals surface area contributed by atoms with Crippen molar-refractivity contribution in [1.82, 2.24) is 15.2 Å². The summed E-state index contributed by atoms with van der Waals surface area (Å²) in [5.41, 5.74) is 4.91. The van der Waals surface area contributed by atoms with Crippen LogP contribution in [0, 0.1) is 0 Å². The van der Waals surface area contributed by atoms with E-state index in [9.17, 15) is 5.11 Å². The second-order valence-electron chi connectivity index (χ2n) is 3.41. The number of H-pyrrole nitrogens is 1. The molecule has 0 radical (unpaired) electrons. The number of aliphatic hydroxyl groups excluding tert-OH is 1. The number of ether oxygens (including phenoxy) is 1. The highest BCUT2D eigenvalue weighted by Gasteiger charge is 2.35. The Morgan fingerprint density at radius 3 is 3.07 bits per heavy atom. The molecule has 7 nitrogen and oxygen atoms in total. The molecule has 7 heteroatoms. The van der Waals surface area contributed by atoms with Crippen LogP contribution in [0.1, 0.15) is 6.42 Å². The van der Waals surface area contributed by atoms with Gasteiger partial charge in [0.1, 0.15) is 0 Å². The zero-order valence-electron chi connectivity index (χ0n) is 7.66. The van der Waals surface area contributed by atoms with Crippen molar-refractivity contribution in [3.05, 3.63) is 0 Å². The van der Waals surface area contributed by atoms with Gasteiger partial charge in [0.15, 0.2) is 0 Å². The maximum atomic E-state index is 9.25. The number of aromatic amines is 1. The number of hydrogen-bond donors (Lipinski definition) is 4. The van der Waals surface area contributed by atoms with E-state index in [1.54, 1.807) is 0 Å². The average molecular weight is 199 g/mol. The van der Waals surface area contributed by atoms with E-state index in [1.165, 1.54) is 0 Å². The first kappa shape index (κ1) is 9.22. The van der Waals surface area contributed by atoms with E-state index in [-0.39, 0.29) is 12.6 Å². The third-order valence-corrected chi connectivity index (χ3v) is 2.29. The number of hydrogen-bond acceptors (Lipinski definition) is 6. The summed E-state index contributed by atoms with van der Waals surface area (Å²) >= 11 is 0. The first-order chi connectivity index (χ1) is 6.74. The molecule has 0 bridgehead atoms. The summed E-state index contributed by atoms with van der Waals surface area (Å²) in [5.74, 6) is 0.640.